The van der Waals surface area contributed by atoms with E-state index in [0.29, 0.717) is 37.8 Å². The van der Waals surface area contributed by atoms with E-state index in [9.17, 15) is 9.59 Å². The molecular weight excluding hydrogens is 446 g/mol. The van der Waals surface area contributed by atoms with Crippen molar-refractivity contribution in [3.05, 3.63) is 59.0 Å². The van der Waals surface area contributed by atoms with Crippen LogP contribution < -0.4 is 5.32 Å². The van der Waals surface area contributed by atoms with E-state index in [1.807, 2.05) is 41.3 Å². The number of ether oxygens (including phenoxy) is 1. The van der Waals surface area contributed by atoms with Crippen molar-refractivity contribution in [1.82, 2.24) is 15.1 Å². The highest BCUT2D eigenvalue weighted by atomic mass is 32.1. The Labute approximate surface area is 203 Å². The van der Waals surface area contributed by atoms with Crippen LogP contribution in [0.1, 0.15) is 32.9 Å². The molecule has 34 heavy (non-hydrogen) atoms. The Bertz CT molecular complexity index is 1210. The Hall–Kier alpha value is -2.74. The second kappa shape index (κ2) is 9.13. The van der Waals surface area contributed by atoms with Crippen LogP contribution in [0.3, 0.4) is 0 Å². The first-order chi connectivity index (χ1) is 16.7. The van der Waals surface area contributed by atoms with Gasteiger partial charge in [0.15, 0.2) is 0 Å². The molecule has 0 aliphatic carbocycles. The fourth-order valence-electron chi connectivity index (χ4n) is 5.51. The molecule has 7 rings (SSSR count). The van der Waals surface area contributed by atoms with Gasteiger partial charge in [0.2, 0.25) is 0 Å². The van der Waals surface area contributed by atoms with Crippen molar-refractivity contribution in [3.63, 3.8) is 0 Å². The molecule has 2 amide bonds. The van der Waals surface area contributed by atoms with Crippen LogP contribution in [0.25, 0.3) is 21.2 Å². The Morgan fingerprint density at radius 2 is 1.74 bits per heavy atom. The van der Waals surface area contributed by atoms with Gasteiger partial charge >= 0.3 is 0 Å². The number of hydrogen-bond acceptors (Lipinski definition) is 5. The molecule has 2 bridgehead atoms. The van der Waals surface area contributed by atoms with Gasteiger partial charge in [-0.25, -0.2) is 0 Å². The monoisotopic (exact) mass is 475 g/mol. The number of carbonyl (C=O) groups is 2. The van der Waals surface area contributed by atoms with Gasteiger partial charge < -0.3 is 19.9 Å². The molecule has 4 aliphatic heterocycles. The zero-order valence-electron chi connectivity index (χ0n) is 19.2. The summed E-state index contributed by atoms with van der Waals surface area (Å²) in [6, 6.07) is 16.3. The third-order valence-corrected chi connectivity index (χ3v) is 8.66. The molecule has 1 aromatic heterocycles. The zero-order chi connectivity index (χ0) is 23.1. The van der Waals surface area contributed by atoms with Crippen LogP contribution in [-0.4, -0.2) is 73.6 Å². The highest BCUT2D eigenvalue weighted by molar-refractivity contribution is 7.21. The van der Waals surface area contributed by atoms with E-state index in [1.54, 1.807) is 11.3 Å². The van der Waals surface area contributed by atoms with Crippen molar-refractivity contribution in [3.8, 4) is 11.1 Å². The summed E-state index contributed by atoms with van der Waals surface area (Å²) in [5.74, 6) is 0.700. The second-order valence-corrected chi connectivity index (χ2v) is 10.6. The van der Waals surface area contributed by atoms with Gasteiger partial charge in [-0.1, -0.05) is 30.3 Å². The summed E-state index contributed by atoms with van der Waals surface area (Å²) in [4.78, 5) is 30.9. The molecule has 3 aromatic rings. The maximum absolute atomic E-state index is 13.1. The summed E-state index contributed by atoms with van der Waals surface area (Å²) in [5, 5.41) is 4.40. The minimum Gasteiger partial charge on any atom is -0.378 e. The van der Waals surface area contributed by atoms with Crippen LogP contribution in [0.5, 0.6) is 0 Å². The summed E-state index contributed by atoms with van der Waals surface area (Å²) in [6.45, 7) is 5.78. The number of nitrogens with zero attached hydrogens (tertiary/aromatic N) is 2. The predicted molar refractivity (Wildman–Crippen MR) is 134 cm³/mol. The second-order valence-electron chi connectivity index (χ2n) is 9.53. The van der Waals surface area contributed by atoms with Crippen molar-refractivity contribution in [2.45, 2.75) is 18.9 Å². The third kappa shape index (κ3) is 4.13. The molecule has 6 nitrogen and oxygen atoms in total. The van der Waals surface area contributed by atoms with Crippen molar-refractivity contribution in [1.29, 1.82) is 0 Å². The van der Waals surface area contributed by atoms with Crippen LogP contribution >= 0.6 is 11.3 Å². The van der Waals surface area contributed by atoms with E-state index < -0.39 is 0 Å². The van der Waals surface area contributed by atoms with Gasteiger partial charge in [0.05, 0.1) is 18.1 Å². The highest BCUT2D eigenvalue weighted by Gasteiger charge is 2.35. The molecule has 1 N–H and O–H groups in total. The van der Waals surface area contributed by atoms with Gasteiger partial charge in [0.1, 0.15) is 0 Å². The Kier molecular flexibility index (Phi) is 5.85. The average Bonchev–Trinajstić information content (AvgIpc) is 3.35. The van der Waals surface area contributed by atoms with E-state index in [1.165, 1.54) is 25.9 Å². The summed E-state index contributed by atoms with van der Waals surface area (Å²) in [7, 11) is 0. The molecule has 4 aliphatic rings. The fraction of sp³-hybridized carbons (Fsp3) is 0.407. The molecule has 0 spiro atoms. The van der Waals surface area contributed by atoms with Gasteiger partial charge in [0, 0.05) is 35.9 Å². The first kappa shape index (κ1) is 21.8. The smallest absolute Gasteiger partial charge is 0.261 e. The predicted octanol–water partition coefficient (Wildman–Crippen LogP) is 3.86. The molecule has 1 unspecified atom stereocenters. The van der Waals surface area contributed by atoms with Crippen LogP contribution in [0.4, 0.5) is 0 Å². The third-order valence-electron chi connectivity index (χ3n) is 7.48. The molecule has 4 saturated heterocycles. The van der Waals surface area contributed by atoms with Crippen LogP contribution in [-0.2, 0) is 4.74 Å². The van der Waals surface area contributed by atoms with Crippen LogP contribution in [0.2, 0.25) is 0 Å². The highest BCUT2D eigenvalue weighted by Crippen LogP contribution is 2.36. The lowest BCUT2D eigenvalue weighted by atomic mass is 9.84. The van der Waals surface area contributed by atoms with Crippen LogP contribution in [0, 0.1) is 5.92 Å². The minimum atomic E-state index is 0.0392. The Morgan fingerprint density at radius 3 is 2.44 bits per heavy atom. The number of morpholine rings is 1. The molecule has 0 saturated carbocycles. The number of thiophene rings is 1. The standard InChI is InChI=1S/C27H29N3O3S/c31-26(28-23-17-29-10-8-19(23)9-11-29)24-16-21-2-1-3-22(25(21)34-24)18-4-6-20(7-5-18)27(32)30-12-14-33-15-13-30/h1-7,16,19,23H,8-15,17H2,(H,28,31). The molecule has 7 heteroatoms. The van der Waals surface area contributed by atoms with Crippen molar-refractivity contribution < 1.29 is 14.3 Å². The van der Waals surface area contributed by atoms with E-state index in [2.05, 4.69) is 22.3 Å². The average molecular weight is 476 g/mol. The van der Waals surface area contributed by atoms with Gasteiger partial charge in [-0.2, -0.15) is 0 Å². The number of amides is 2. The van der Waals surface area contributed by atoms with E-state index in [-0.39, 0.29) is 17.9 Å². The number of carbonyl (C=O) groups excluding carboxylic acids is 2. The Balaban J connectivity index is 1.22. The molecular formula is C27H29N3O3S. The lowest BCUT2D eigenvalue weighted by molar-refractivity contribution is 0.0303. The van der Waals surface area contributed by atoms with E-state index in [0.717, 1.165) is 32.6 Å². The normalized spacial score (nSPS) is 24.4. The Morgan fingerprint density at radius 1 is 0.971 bits per heavy atom. The summed E-state index contributed by atoms with van der Waals surface area (Å²) in [6.07, 6.45) is 2.37. The summed E-state index contributed by atoms with van der Waals surface area (Å²) in [5.41, 5.74) is 2.84. The number of hydrogen-bond donors (Lipinski definition) is 1. The van der Waals surface area contributed by atoms with Crippen LogP contribution in [0.15, 0.2) is 48.5 Å². The summed E-state index contributed by atoms with van der Waals surface area (Å²) < 4.78 is 6.46. The molecule has 176 valence electrons. The SMILES string of the molecule is O=C(NC1CN2CCC1CC2)c1cc2cccc(-c3ccc(C(=O)N4CCOCC4)cc3)c2s1. The lowest BCUT2D eigenvalue weighted by Gasteiger charge is -2.44. The number of benzene rings is 2. The molecule has 0 radical (unpaired) electrons. The topological polar surface area (TPSA) is 61.9 Å². The quantitative estimate of drug-likeness (QED) is 0.623. The largest absolute Gasteiger partial charge is 0.378 e. The first-order valence-corrected chi connectivity index (χ1v) is 13.0. The maximum atomic E-state index is 13.1. The van der Waals surface area contributed by atoms with Gasteiger partial charge in [0.25, 0.3) is 11.8 Å². The summed E-state index contributed by atoms with van der Waals surface area (Å²) >= 11 is 1.55. The molecule has 2 aromatic carbocycles. The number of piperidine rings is 3. The molecule has 4 fully saturated rings. The number of rotatable bonds is 4. The molecule has 1 atom stereocenters. The number of nitrogens with one attached hydrogen (secondary N) is 1. The maximum Gasteiger partial charge on any atom is 0.261 e. The minimum absolute atomic E-state index is 0.0392. The zero-order valence-corrected chi connectivity index (χ0v) is 20.0. The fourth-order valence-corrected chi connectivity index (χ4v) is 6.61. The number of fused-ring (bicyclic) bond motifs is 4. The van der Waals surface area contributed by atoms with Gasteiger partial charge in [-0.15, -0.1) is 11.3 Å². The van der Waals surface area contributed by atoms with Crippen molar-refractivity contribution in [2.24, 2.45) is 5.92 Å². The molecule has 5 heterocycles. The van der Waals surface area contributed by atoms with E-state index >= 15 is 0 Å². The van der Waals surface area contributed by atoms with E-state index in [4.69, 9.17) is 4.74 Å². The lowest BCUT2D eigenvalue weighted by Crippen LogP contribution is -2.57. The first-order valence-electron chi connectivity index (χ1n) is 12.2. The van der Waals surface area contributed by atoms with Gasteiger partial charge in [-0.05, 0) is 66.6 Å². The van der Waals surface area contributed by atoms with Crippen molar-refractivity contribution >= 4 is 33.2 Å². The van der Waals surface area contributed by atoms with Crippen molar-refractivity contribution in [2.75, 3.05) is 45.9 Å². The van der Waals surface area contributed by atoms with Gasteiger partial charge in [-0.3, -0.25) is 9.59 Å².